The van der Waals surface area contributed by atoms with Crippen molar-refractivity contribution in [2.24, 2.45) is 5.73 Å². The standard InChI is InChI=1S/C11H17BrN2O2/c1-15-9-5-4-8(14-7-3-6-13)11(16-2)10(9)12/h4-5,14H,3,6-7,13H2,1-2H3. The summed E-state index contributed by atoms with van der Waals surface area (Å²) in [6.07, 6.45) is 0.923. The molecule has 1 aromatic carbocycles. The zero-order valence-corrected chi connectivity index (χ0v) is 11.1. The van der Waals surface area contributed by atoms with E-state index in [4.69, 9.17) is 15.2 Å². The molecule has 0 saturated carbocycles. The highest BCUT2D eigenvalue weighted by Crippen LogP contribution is 2.39. The molecular formula is C11H17BrN2O2. The van der Waals surface area contributed by atoms with Gasteiger partial charge in [-0.25, -0.2) is 0 Å². The minimum atomic E-state index is 0.673. The number of anilines is 1. The van der Waals surface area contributed by atoms with Gasteiger partial charge in [-0.2, -0.15) is 0 Å². The summed E-state index contributed by atoms with van der Waals surface area (Å²) >= 11 is 3.45. The largest absolute Gasteiger partial charge is 0.495 e. The predicted octanol–water partition coefficient (Wildman–Crippen LogP) is 2.23. The van der Waals surface area contributed by atoms with Gasteiger partial charge in [0, 0.05) is 6.54 Å². The van der Waals surface area contributed by atoms with Crippen LogP contribution in [0.5, 0.6) is 11.5 Å². The molecule has 0 aliphatic heterocycles. The Labute approximate surface area is 104 Å². The SMILES string of the molecule is COc1ccc(NCCCN)c(OC)c1Br. The molecule has 5 heteroatoms. The van der Waals surface area contributed by atoms with E-state index in [2.05, 4.69) is 21.2 Å². The van der Waals surface area contributed by atoms with Crippen molar-refractivity contribution in [2.45, 2.75) is 6.42 Å². The Balaban J connectivity index is 2.88. The van der Waals surface area contributed by atoms with Gasteiger partial charge in [0.15, 0.2) is 5.75 Å². The Hall–Kier alpha value is -0.940. The molecule has 0 fully saturated rings. The molecule has 0 heterocycles. The van der Waals surface area contributed by atoms with E-state index in [1.165, 1.54) is 0 Å². The fourth-order valence-electron chi connectivity index (χ4n) is 1.36. The molecule has 0 unspecified atom stereocenters. The zero-order valence-electron chi connectivity index (χ0n) is 9.55. The Kier molecular flexibility index (Phi) is 5.42. The molecule has 1 rings (SSSR count). The summed E-state index contributed by atoms with van der Waals surface area (Å²) in [5, 5.41) is 3.27. The van der Waals surface area contributed by atoms with Crippen LogP contribution in [0.15, 0.2) is 16.6 Å². The maximum absolute atomic E-state index is 5.44. The number of rotatable bonds is 6. The number of nitrogens with one attached hydrogen (secondary N) is 1. The number of halogens is 1. The van der Waals surface area contributed by atoms with Gasteiger partial charge in [-0.1, -0.05) is 0 Å². The first kappa shape index (κ1) is 13.1. The first-order valence-electron chi connectivity index (χ1n) is 5.09. The number of benzene rings is 1. The highest BCUT2D eigenvalue weighted by atomic mass is 79.9. The van der Waals surface area contributed by atoms with Crippen molar-refractivity contribution in [3.05, 3.63) is 16.6 Å². The van der Waals surface area contributed by atoms with Crippen molar-refractivity contribution in [3.63, 3.8) is 0 Å². The van der Waals surface area contributed by atoms with E-state index in [1.807, 2.05) is 12.1 Å². The minimum absolute atomic E-state index is 0.673. The second kappa shape index (κ2) is 6.60. The number of methoxy groups -OCH3 is 2. The maximum Gasteiger partial charge on any atom is 0.159 e. The molecule has 0 aliphatic carbocycles. The number of hydrogen-bond acceptors (Lipinski definition) is 4. The van der Waals surface area contributed by atoms with Gasteiger partial charge in [-0.05, 0) is 41.0 Å². The zero-order chi connectivity index (χ0) is 12.0. The van der Waals surface area contributed by atoms with Crippen LogP contribution in [-0.4, -0.2) is 27.3 Å². The van der Waals surface area contributed by atoms with Crippen molar-refractivity contribution in [3.8, 4) is 11.5 Å². The molecule has 90 valence electrons. The Morgan fingerprint density at radius 1 is 1.31 bits per heavy atom. The molecule has 0 spiro atoms. The average Bonchev–Trinajstić information content (AvgIpc) is 2.30. The highest BCUT2D eigenvalue weighted by Gasteiger charge is 2.11. The Bertz CT molecular complexity index is 345. The molecule has 0 saturated heterocycles. The van der Waals surface area contributed by atoms with Crippen molar-refractivity contribution >= 4 is 21.6 Å². The third-order valence-corrected chi connectivity index (χ3v) is 2.93. The summed E-state index contributed by atoms with van der Waals surface area (Å²) in [6.45, 7) is 1.50. The van der Waals surface area contributed by atoms with Crippen molar-refractivity contribution in [1.29, 1.82) is 0 Å². The lowest BCUT2D eigenvalue weighted by atomic mass is 10.2. The maximum atomic E-state index is 5.44. The van der Waals surface area contributed by atoms with Crippen LogP contribution in [-0.2, 0) is 0 Å². The normalized spacial score (nSPS) is 10.0. The molecule has 0 bridgehead atoms. The van der Waals surface area contributed by atoms with E-state index in [-0.39, 0.29) is 0 Å². The molecule has 4 nitrogen and oxygen atoms in total. The van der Waals surface area contributed by atoms with Gasteiger partial charge >= 0.3 is 0 Å². The van der Waals surface area contributed by atoms with Crippen LogP contribution in [0.4, 0.5) is 5.69 Å². The predicted molar refractivity (Wildman–Crippen MR) is 69.4 cm³/mol. The molecule has 16 heavy (non-hydrogen) atoms. The van der Waals surface area contributed by atoms with Crippen LogP contribution < -0.4 is 20.5 Å². The number of ether oxygens (including phenoxy) is 2. The van der Waals surface area contributed by atoms with Gasteiger partial charge in [-0.3, -0.25) is 0 Å². The van der Waals surface area contributed by atoms with Gasteiger partial charge in [0.25, 0.3) is 0 Å². The second-order valence-electron chi connectivity index (χ2n) is 3.23. The van der Waals surface area contributed by atoms with Gasteiger partial charge in [0.05, 0.1) is 19.9 Å². The van der Waals surface area contributed by atoms with Crippen molar-refractivity contribution in [1.82, 2.24) is 0 Å². The van der Waals surface area contributed by atoms with E-state index in [0.29, 0.717) is 6.54 Å². The lowest BCUT2D eigenvalue weighted by Crippen LogP contribution is -2.09. The van der Waals surface area contributed by atoms with Crippen LogP contribution in [0.25, 0.3) is 0 Å². The molecule has 0 radical (unpaired) electrons. The highest BCUT2D eigenvalue weighted by molar-refractivity contribution is 9.10. The molecule has 0 aliphatic rings. The smallest absolute Gasteiger partial charge is 0.159 e. The van der Waals surface area contributed by atoms with Gasteiger partial charge in [0.1, 0.15) is 10.2 Å². The first-order chi connectivity index (χ1) is 7.74. The summed E-state index contributed by atoms with van der Waals surface area (Å²) in [7, 11) is 3.26. The molecule has 1 aromatic rings. The van der Waals surface area contributed by atoms with Crippen molar-refractivity contribution in [2.75, 3.05) is 32.6 Å². The quantitative estimate of drug-likeness (QED) is 0.788. The van der Waals surface area contributed by atoms with Crippen LogP contribution in [0, 0.1) is 0 Å². The molecule has 0 aromatic heterocycles. The third-order valence-electron chi connectivity index (χ3n) is 2.18. The Morgan fingerprint density at radius 3 is 2.62 bits per heavy atom. The molecule has 0 amide bonds. The number of nitrogens with two attached hydrogens (primary N) is 1. The molecule has 3 N–H and O–H groups in total. The lowest BCUT2D eigenvalue weighted by Gasteiger charge is -2.14. The van der Waals surface area contributed by atoms with Gasteiger partial charge < -0.3 is 20.5 Å². The second-order valence-corrected chi connectivity index (χ2v) is 4.02. The van der Waals surface area contributed by atoms with E-state index in [9.17, 15) is 0 Å². The fourth-order valence-corrected chi connectivity index (χ4v) is 2.03. The first-order valence-corrected chi connectivity index (χ1v) is 5.88. The van der Waals surface area contributed by atoms with Crippen LogP contribution in [0.3, 0.4) is 0 Å². The summed E-state index contributed by atoms with van der Waals surface area (Å²) in [6, 6.07) is 3.82. The monoisotopic (exact) mass is 288 g/mol. The summed E-state index contributed by atoms with van der Waals surface area (Å²) in [5.74, 6) is 1.50. The topological polar surface area (TPSA) is 56.5 Å². The van der Waals surface area contributed by atoms with Gasteiger partial charge in [0.2, 0.25) is 0 Å². The van der Waals surface area contributed by atoms with Crippen LogP contribution in [0.1, 0.15) is 6.42 Å². The summed E-state index contributed by atoms with van der Waals surface area (Å²) in [4.78, 5) is 0. The number of hydrogen-bond donors (Lipinski definition) is 2. The summed E-state index contributed by atoms with van der Waals surface area (Å²) < 4.78 is 11.3. The van der Waals surface area contributed by atoms with E-state index >= 15 is 0 Å². The lowest BCUT2D eigenvalue weighted by molar-refractivity contribution is 0.390. The Morgan fingerprint density at radius 2 is 2.06 bits per heavy atom. The average molecular weight is 289 g/mol. The van der Waals surface area contributed by atoms with Crippen LogP contribution in [0.2, 0.25) is 0 Å². The minimum Gasteiger partial charge on any atom is -0.495 e. The van der Waals surface area contributed by atoms with E-state index in [1.54, 1.807) is 14.2 Å². The van der Waals surface area contributed by atoms with E-state index < -0.39 is 0 Å². The molecular weight excluding hydrogens is 272 g/mol. The summed E-state index contributed by atoms with van der Waals surface area (Å²) in [5.41, 5.74) is 6.37. The fraction of sp³-hybridized carbons (Fsp3) is 0.455. The van der Waals surface area contributed by atoms with Crippen molar-refractivity contribution < 1.29 is 9.47 Å². The molecule has 0 atom stereocenters. The van der Waals surface area contributed by atoms with E-state index in [0.717, 1.165) is 34.6 Å². The van der Waals surface area contributed by atoms with Gasteiger partial charge in [-0.15, -0.1) is 0 Å². The van der Waals surface area contributed by atoms with Crippen LogP contribution >= 0.6 is 15.9 Å². The third kappa shape index (κ3) is 3.02.